The number of aromatic nitrogens is 2. The van der Waals surface area contributed by atoms with Gasteiger partial charge in [-0.1, -0.05) is 47.2 Å². The van der Waals surface area contributed by atoms with Crippen LogP contribution in [0, 0.1) is 0 Å². The second-order valence-corrected chi connectivity index (χ2v) is 9.52. The van der Waals surface area contributed by atoms with E-state index in [1.54, 1.807) is 40.2 Å². The highest BCUT2D eigenvalue weighted by Crippen LogP contribution is 2.28. The van der Waals surface area contributed by atoms with E-state index in [4.69, 9.17) is 21.3 Å². The molecule has 2 aromatic carbocycles. The molecule has 0 atom stereocenters. The van der Waals surface area contributed by atoms with Crippen molar-refractivity contribution in [2.75, 3.05) is 7.11 Å². The summed E-state index contributed by atoms with van der Waals surface area (Å²) in [5.74, 6) is -0.851. The normalized spacial score (nSPS) is 11.9. The van der Waals surface area contributed by atoms with Crippen LogP contribution in [-0.2, 0) is 16.1 Å². The second kappa shape index (κ2) is 8.90. The Balaban J connectivity index is 1.70. The maximum Gasteiger partial charge on any atom is 0.325 e. The van der Waals surface area contributed by atoms with E-state index in [0.29, 0.717) is 26.6 Å². The van der Waals surface area contributed by atoms with Crippen molar-refractivity contribution in [2.24, 2.45) is 4.99 Å². The number of ether oxygens (including phenoxy) is 1. The van der Waals surface area contributed by atoms with Crippen molar-refractivity contribution in [1.82, 2.24) is 9.55 Å². The van der Waals surface area contributed by atoms with Crippen LogP contribution >= 0.6 is 34.3 Å². The molecule has 9 heteroatoms. The van der Waals surface area contributed by atoms with Gasteiger partial charge in [-0.05, 0) is 41.8 Å². The van der Waals surface area contributed by atoms with Gasteiger partial charge in [-0.25, -0.2) is 4.98 Å². The summed E-state index contributed by atoms with van der Waals surface area (Å²) in [6, 6.07) is 18.5. The Morgan fingerprint density at radius 3 is 2.76 bits per heavy atom. The van der Waals surface area contributed by atoms with E-state index in [1.807, 2.05) is 41.8 Å². The standard InChI is InChI=1S/C24H16ClN3O3S2/c1-31-22(29)13-28-19-9-8-14(25)11-21(19)33-24(28)27-23(30)16-12-18(20-7-4-10-32-20)26-17-6-3-2-5-15(16)17/h2-12H,13H2,1H3. The Hall–Kier alpha value is -3.33. The van der Waals surface area contributed by atoms with Gasteiger partial charge >= 0.3 is 5.97 Å². The highest BCUT2D eigenvalue weighted by atomic mass is 35.5. The van der Waals surface area contributed by atoms with Gasteiger partial charge in [0.2, 0.25) is 0 Å². The van der Waals surface area contributed by atoms with Crippen LogP contribution in [0.1, 0.15) is 10.4 Å². The third-order valence-electron chi connectivity index (χ3n) is 5.08. The molecule has 5 aromatic rings. The van der Waals surface area contributed by atoms with Crippen LogP contribution in [0.15, 0.2) is 71.0 Å². The van der Waals surface area contributed by atoms with Gasteiger partial charge in [0.1, 0.15) is 6.54 Å². The molecule has 0 saturated heterocycles. The number of carbonyl (C=O) groups is 2. The summed E-state index contributed by atoms with van der Waals surface area (Å²) in [5.41, 5.74) is 2.63. The Bertz CT molecular complexity index is 1590. The van der Waals surface area contributed by atoms with Crippen molar-refractivity contribution in [3.05, 3.63) is 81.4 Å². The van der Waals surface area contributed by atoms with Gasteiger partial charge in [0.25, 0.3) is 5.91 Å². The fraction of sp³-hybridized carbons (Fsp3) is 0.0833. The number of rotatable bonds is 4. The SMILES string of the molecule is COC(=O)Cn1c(=NC(=O)c2cc(-c3cccs3)nc3ccccc23)sc2cc(Cl)ccc21. The minimum atomic E-state index is -0.437. The molecule has 0 saturated carbocycles. The Morgan fingerprint density at radius 2 is 1.97 bits per heavy atom. The topological polar surface area (TPSA) is 73.6 Å². The van der Waals surface area contributed by atoms with Gasteiger partial charge in [0.15, 0.2) is 4.80 Å². The third kappa shape index (κ3) is 4.20. The van der Waals surface area contributed by atoms with Crippen molar-refractivity contribution >= 4 is 67.3 Å². The van der Waals surface area contributed by atoms with Crippen molar-refractivity contribution in [1.29, 1.82) is 0 Å². The number of para-hydroxylation sites is 1. The zero-order valence-corrected chi connectivity index (χ0v) is 19.7. The summed E-state index contributed by atoms with van der Waals surface area (Å²) < 4.78 is 7.33. The molecule has 0 bridgehead atoms. The lowest BCUT2D eigenvalue weighted by Crippen LogP contribution is -2.22. The number of hydrogen-bond donors (Lipinski definition) is 0. The van der Waals surface area contributed by atoms with Crippen molar-refractivity contribution in [3.8, 4) is 10.6 Å². The molecule has 0 aliphatic heterocycles. The van der Waals surface area contributed by atoms with Crippen LogP contribution < -0.4 is 4.80 Å². The van der Waals surface area contributed by atoms with E-state index in [-0.39, 0.29) is 6.54 Å². The van der Waals surface area contributed by atoms with Gasteiger partial charge in [-0.3, -0.25) is 9.59 Å². The average Bonchev–Trinajstić information content (AvgIpc) is 3.47. The number of nitrogens with zero attached hydrogens (tertiary/aromatic N) is 3. The van der Waals surface area contributed by atoms with Crippen LogP contribution in [0.5, 0.6) is 0 Å². The zero-order valence-electron chi connectivity index (χ0n) is 17.3. The summed E-state index contributed by atoms with van der Waals surface area (Å²) in [7, 11) is 1.32. The maximum absolute atomic E-state index is 13.5. The summed E-state index contributed by atoms with van der Waals surface area (Å²) in [5, 5.41) is 3.25. The maximum atomic E-state index is 13.5. The number of fused-ring (bicyclic) bond motifs is 2. The van der Waals surface area contributed by atoms with Crippen molar-refractivity contribution < 1.29 is 14.3 Å². The number of thiazole rings is 1. The lowest BCUT2D eigenvalue weighted by atomic mass is 10.1. The number of carbonyl (C=O) groups excluding carboxylic acids is 2. The summed E-state index contributed by atoms with van der Waals surface area (Å²) in [6.45, 7) is -0.0677. The number of hydrogen-bond acceptors (Lipinski definition) is 6. The molecule has 0 fully saturated rings. The molecule has 0 N–H and O–H groups in total. The van der Waals surface area contributed by atoms with Crippen molar-refractivity contribution in [3.63, 3.8) is 0 Å². The Kier molecular flexibility index (Phi) is 5.80. The van der Waals surface area contributed by atoms with Crippen LogP contribution in [0.2, 0.25) is 5.02 Å². The van der Waals surface area contributed by atoms with Gasteiger partial charge in [0.05, 0.1) is 39.0 Å². The molecule has 33 heavy (non-hydrogen) atoms. The average molecular weight is 494 g/mol. The summed E-state index contributed by atoms with van der Waals surface area (Å²) in [4.78, 5) is 36.0. The smallest absolute Gasteiger partial charge is 0.325 e. The first-order chi connectivity index (χ1) is 16.0. The highest BCUT2D eigenvalue weighted by molar-refractivity contribution is 7.16. The number of methoxy groups -OCH3 is 1. The monoisotopic (exact) mass is 493 g/mol. The molecule has 0 radical (unpaired) electrons. The molecule has 3 heterocycles. The van der Waals surface area contributed by atoms with Gasteiger partial charge in [-0.2, -0.15) is 4.99 Å². The summed E-state index contributed by atoms with van der Waals surface area (Å²) >= 11 is 8.99. The first-order valence-electron chi connectivity index (χ1n) is 9.92. The minimum absolute atomic E-state index is 0.0677. The lowest BCUT2D eigenvalue weighted by molar-refractivity contribution is -0.141. The predicted molar refractivity (Wildman–Crippen MR) is 132 cm³/mol. The quantitative estimate of drug-likeness (QED) is 0.308. The molecule has 5 rings (SSSR count). The van der Waals surface area contributed by atoms with E-state index in [1.165, 1.54) is 18.4 Å². The molecule has 0 unspecified atom stereocenters. The molecule has 3 aromatic heterocycles. The number of benzene rings is 2. The Labute approximate surface area is 201 Å². The van der Waals surface area contributed by atoms with Gasteiger partial charge in [0, 0.05) is 10.4 Å². The molecular weight excluding hydrogens is 478 g/mol. The van der Waals surface area contributed by atoms with E-state index in [2.05, 4.69) is 4.99 Å². The molecule has 0 aliphatic rings. The van der Waals surface area contributed by atoms with E-state index in [0.717, 1.165) is 20.5 Å². The number of esters is 1. The number of amides is 1. The first-order valence-corrected chi connectivity index (χ1v) is 12.0. The minimum Gasteiger partial charge on any atom is -0.468 e. The van der Waals surface area contributed by atoms with Gasteiger partial charge < -0.3 is 9.30 Å². The van der Waals surface area contributed by atoms with Crippen LogP contribution in [0.4, 0.5) is 0 Å². The van der Waals surface area contributed by atoms with E-state index in [9.17, 15) is 9.59 Å². The molecule has 0 spiro atoms. The van der Waals surface area contributed by atoms with Gasteiger partial charge in [-0.15, -0.1) is 11.3 Å². The third-order valence-corrected chi connectivity index (χ3v) is 7.25. The zero-order chi connectivity index (χ0) is 22.9. The highest BCUT2D eigenvalue weighted by Gasteiger charge is 2.16. The molecular formula is C24H16ClN3O3S2. The van der Waals surface area contributed by atoms with Crippen LogP contribution in [-0.4, -0.2) is 28.5 Å². The van der Waals surface area contributed by atoms with E-state index >= 15 is 0 Å². The fourth-order valence-corrected chi connectivity index (χ4v) is 5.52. The second-order valence-electron chi connectivity index (χ2n) is 7.13. The lowest BCUT2D eigenvalue weighted by Gasteiger charge is -2.07. The number of halogens is 1. The molecule has 6 nitrogen and oxygen atoms in total. The van der Waals surface area contributed by atoms with Crippen LogP contribution in [0.3, 0.4) is 0 Å². The predicted octanol–water partition coefficient (Wildman–Crippen LogP) is 5.55. The molecule has 164 valence electrons. The van der Waals surface area contributed by atoms with Crippen molar-refractivity contribution in [2.45, 2.75) is 6.54 Å². The first kappa shape index (κ1) is 21.5. The summed E-state index contributed by atoms with van der Waals surface area (Å²) in [6.07, 6.45) is 0. The fourth-order valence-electron chi connectivity index (χ4n) is 3.53. The molecule has 0 aliphatic carbocycles. The molecule has 1 amide bonds. The number of pyridine rings is 1. The largest absolute Gasteiger partial charge is 0.468 e. The van der Waals surface area contributed by atoms with Crippen LogP contribution in [0.25, 0.3) is 31.7 Å². The Morgan fingerprint density at radius 1 is 1.12 bits per heavy atom. The number of thiophene rings is 1. The van der Waals surface area contributed by atoms with E-state index < -0.39 is 11.9 Å².